The van der Waals surface area contributed by atoms with Gasteiger partial charge in [-0.05, 0) is 18.6 Å². The Morgan fingerprint density at radius 2 is 2.22 bits per heavy atom. The Kier molecular flexibility index (Phi) is 7.65. The van der Waals surface area contributed by atoms with Crippen molar-refractivity contribution in [2.24, 2.45) is 0 Å². The summed E-state index contributed by atoms with van der Waals surface area (Å²) in [5.74, 6) is -0.931. The normalized spacial score (nSPS) is 10.4. The van der Waals surface area contributed by atoms with Crippen LogP contribution in [0.25, 0.3) is 0 Å². The summed E-state index contributed by atoms with van der Waals surface area (Å²) in [7, 11) is 1.53. The predicted molar refractivity (Wildman–Crippen MR) is 101 cm³/mol. The average Bonchev–Trinajstić information content (AvgIpc) is 3.13. The van der Waals surface area contributed by atoms with Crippen LogP contribution in [-0.2, 0) is 9.53 Å². The number of aromatic nitrogens is 1. The lowest BCUT2D eigenvalue weighted by molar-refractivity contribution is -0.384. The van der Waals surface area contributed by atoms with E-state index in [1.165, 1.54) is 35.5 Å². The topological polar surface area (TPSA) is 115 Å². The van der Waals surface area contributed by atoms with Gasteiger partial charge in [0.1, 0.15) is 11.6 Å². The van der Waals surface area contributed by atoms with Gasteiger partial charge in [0.2, 0.25) is 5.91 Å². The quantitative estimate of drug-likeness (QED) is 0.384. The van der Waals surface area contributed by atoms with Crippen molar-refractivity contribution in [2.75, 3.05) is 32.1 Å². The van der Waals surface area contributed by atoms with Crippen LogP contribution in [-0.4, -0.2) is 53.4 Å². The first-order chi connectivity index (χ1) is 12.9. The van der Waals surface area contributed by atoms with Gasteiger partial charge >= 0.3 is 0 Å². The third-order valence-corrected chi connectivity index (χ3v) is 4.47. The van der Waals surface area contributed by atoms with E-state index < -0.39 is 16.7 Å². The third kappa shape index (κ3) is 5.98. The second kappa shape index (κ2) is 9.95. The van der Waals surface area contributed by atoms with Crippen molar-refractivity contribution in [3.05, 3.63) is 50.5 Å². The number of benzene rings is 1. The lowest BCUT2D eigenvalue weighted by Crippen LogP contribution is -2.39. The monoisotopic (exact) mass is 412 g/mol. The van der Waals surface area contributed by atoms with Crippen molar-refractivity contribution in [1.82, 2.24) is 9.88 Å². The fourth-order valence-electron chi connectivity index (χ4n) is 2.24. The van der Waals surface area contributed by atoms with Gasteiger partial charge in [-0.25, -0.2) is 4.98 Å². The maximum absolute atomic E-state index is 12.8. The number of amides is 2. The van der Waals surface area contributed by atoms with Gasteiger partial charge in [-0.3, -0.25) is 19.7 Å². The van der Waals surface area contributed by atoms with Crippen molar-refractivity contribution in [3.63, 3.8) is 0 Å². The van der Waals surface area contributed by atoms with Crippen LogP contribution in [0.15, 0.2) is 29.8 Å². The molecule has 27 heavy (non-hydrogen) atoms. The molecule has 0 saturated carbocycles. The number of nitrogens with one attached hydrogen (secondary N) is 1. The second-order valence-electron chi connectivity index (χ2n) is 5.38. The molecule has 11 heteroatoms. The molecule has 0 aliphatic carbocycles. The summed E-state index contributed by atoms with van der Waals surface area (Å²) >= 11 is 7.04. The number of carbonyl (C=O) groups excluding carboxylic acids is 2. The van der Waals surface area contributed by atoms with Crippen LogP contribution in [0, 0.1) is 10.1 Å². The van der Waals surface area contributed by atoms with Crippen molar-refractivity contribution in [3.8, 4) is 0 Å². The summed E-state index contributed by atoms with van der Waals surface area (Å²) in [6.45, 7) is 0.422. The maximum atomic E-state index is 12.8. The summed E-state index contributed by atoms with van der Waals surface area (Å²) in [5, 5.41) is 15.7. The molecule has 0 saturated heterocycles. The molecule has 0 aliphatic heterocycles. The van der Waals surface area contributed by atoms with Crippen LogP contribution in [0.3, 0.4) is 0 Å². The molecule has 9 nitrogen and oxygen atoms in total. The zero-order valence-corrected chi connectivity index (χ0v) is 16.0. The number of thiazole rings is 1. The minimum absolute atomic E-state index is 0.0657. The number of nitro groups is 1. The number of nitro benzene ring substituents is 1. The molecular formula is C16H17ClN4O5S. The number of rotatable bonds is 9. The Morgan fingerprint density at radius 1 is 1.44 bits per heavy atom. The number of methoxy groups -OCH3 is 1. The molecule has 2 rings (SSSR count). The molecule has 0 bridgehead atoms. The zero-order valence-electron chi connectivity index (χ0n) is 14.4. The highest BCUT2D eigenvalue weighted by Gasteiger charge is 2.22. The van der Waals surface area contributed by atoms with Gasteiger partial charge in [0.05, 0.1) is 4.92 Å². The first-order valence-corrected chi connectivity index (χ1v) is 9.09. The number of anilines is 1. The Labute approximate surface area is 164 Å². The lowest BCUT2D eigenvalue weighted by Gasteiger charge is -2.22. The van der Waals surface area contributed by atoms with Crippen LogP contribution in [0.4, 0.5) is 10.8 Å². The fraction of sp³-hybridized carbons (Fsp3) is 0.312. The molecule has 144 valence electrons. The highest BCUT2D eigenvalue weighted by molar-refractivity contribution is 7.13. The van der Waals surface area contributed by atoms with Gasteiger partial charge in [0, 0.05) is 43.5 Å². The van der Waals surface area contributed by atoms with E-state index in [2.05, 4.69) is 10.3 Å². The molecule has 0 fully saturated rings. The summed E-state index contributed by atoms with van der Waals surface area (Å²) in [6, 6.07) is 3.78. The van der Waals surface area contributed by atoms with Crippen molar-refractivity contribution >= 4 is 45.6 Å². The van der Waals surface area contributed by atoms with Gasteiger partial charge in [0.15, 0.2) is 5.13 Å². The average molecular weight is 413 g/mol. The second-order valence-corrected chi connectivity index (χ2v) is 6.68. The molecule has 2 aromatic rings. The standard InChI is InChI=1S/C16H17ClN4O5S/c1-26-7-2-6-20(10-14(22)19-16-18-5-8-27-16)15(23)11-3-4-12(17)13(9-11)21(24)25/h3-5,8-9H,2,6-7,10H2,1H3,(H,18,19,22). The highest BCUT2D eigenvalue weighted by atomic mass is 35.5. The molecule has 0 radical (unpaired) electrons. The van der Waals surface area contributed by atoms with E-state index in [1.54, 1.807) is 11.6 Å². The molecule has 0 spiro atoms. The minimum atomic E-state index is -0.663. The van der Waals surface area contributed by atoms with Crippen LogP contribution in [0.2, 0.25) is 5.02 Å². The lowest BCUT2D eigenvalue weighted by atomic mass is 10.1. The van der Waals surface area contributed by atoms with Gasteiger partial charge in [-0.1, -0.05) is 11.6 Å². The fourth-order valence-corrected chi connectivity index (χ4v) is 2.97. The van der Waals surface area contributed by atoms with Crippen molar-refractivity contribution < 1.29 is 19.2 Å². The molecule has 1 aromatic carbocycles. The molecule has 1 heterocycles. The number of hydrogen-bond acceptors (Lipinski definition) is 7. The number of carbonyl (C=O) groups is 2. The molecule has 0 aliphatic rings. The molecular weight excluding hydrogens is 396 g/mol. The third-order valence-electron chi connectivity index (χ3n) is 3.47. The van der Waals surface area contributed by atoms with Crippen LogP contribution >= 0.6 is 22.9 Å². The van der Waals surface area contributed by atoms with Gasteiger partial charge in [-0.15, -0.1) is 11.3 Å². The highest BCUT2D eigenvalue weighted by Crippen LogP contribution is 2.25. The van der Waals surface area contributed by atoms with Crippen molar-refractivity contribution in [2.45, 2.75) is 6.42 Å². The Bertz CT molecular complexity index is 815. The smallest absolute Gasteiger partial charge is 0.288 e. The molecule has 0 unspecified atom stereocenters. The number of nitrogens with zero attached hydrogens (tertiary/aromatic N) is 3. The Balaban J connectivity index is 2.16. The van der Waals surface area contributed by atoms with Gasteiger partial charge in [0.25, 0.3) is 11.6 Å². The number of ether oxygens (including phenoxy) is 1. The molecule has 1 N–H and O–H groups in total. The molecule has 1 aromatic heterocycles. The van der Waals surface area contributed by atoms with Gasteiger partial charge < -0.3 is 15.0 Å². The predicted octanol–water partition coefficient (Wildman–Crippen LogP) is 2.82. The summed E-state index contributed by atoms with van der Waals surface area (Å²) in [4.78, 5) is 40.6. The molecule has 2 amide bonds. The summed E-state index contributed by atoms with van der Waals surface area (Å²) in [6.07, 6.45) is 2.05. The summed E-state index contributed by atoms with van der Waals surface area (Å²) in [5.41, 5.74) is -0.294. The van der Waals surface area contributed by atoms with Crippen molar-refractivity contribution in [1.29, 1.82) is 0 Å². The first kappa shape index (κ1) is 20.7. The van der Waals surface area contributed by atoms with E-state index in [-0.39, 0.29) is 29.4 Å². The van der Waals surface area contributed by atoms with E-state index >= 15 is 0 Å². The Morgan fingerprint density at radius 3 is 2.85 bits per heavy atom. The summed E-state index contributed by atoms with van der Waals surface area (Å²) < 4.78 is 4.98. The SMILES string of the molecule is COCCCN(CC(=O)Nc1nccs1)C(=O)c1ccc(Cl)c([N+](=O)[O-])c1. The number of halogens is 1. The van der Waals surface area contributed by atoms with Crippen LogP contribution in [0.1, 0.15) is 16.8 Å². The number of hydrogen-bond donors (Lipinski definition) is 1. The maximum Gasteiger partial charge on any atom is 0.288 e. The minimum Gasteiger partial charge on any atom is -0.385 e. The van der Waals surface area contributed by atoms with E-state index in [9.17, 15) is 19.7 Å². The van der Waals surface area contributed by atoms with Crippen LogP contribution in [0.5, 0.6) is 0 Å². The van der Waals surface area contributed by atoms with Gasteiger partial charge in [-0.2, -0.15) is 0 Å². The van der Waals surface area contributed by atoms with Crippen LogP contribution < -0.4 is 5.32 Å². The Hall–Kier alpha value is -2.56. The zero-order chi connectivity index (χ0) is 19.8. The largest absolute Gasteiger partial charge is 0.385 e. The van der Waals surface area contributed by atoms with E-state index in [4.69, 9.17) is 16.3 Å². The van der Waals surface area contributed by atoms with E-state index in [0.29, 0.717) is 18.2 Å². The van der Waals surface area contributed by atoms with E-state index in [1.807, 2.05) is 0 Å². The first-order valence-electron chi connectivity index (χ1n) is 7.84. The van der Waals surface area contributed by atoms with E-state index in [0.717, 1.165) is 6.07 Å². The molecule has 0 atom stereocenters.